The van der Waals surface area contributed by atoms with Gasteiger partial charge in [0.05, 0.1) is 13.2 Å². The van der Waals surface area contributed by atoms with Crippen LogP contribution in [0.25, 0.3) is 0 Å². The van der Waals surface area contributed by atoms with Gasteiger partial charge in [-0.05, 0) is 50.1 Å². The standard InChI is InChI=1S/C15H23NO2/c1-2-10-17-14-5-7-15(8-6-14)18-12-13-4-3-9-16-11-13/h5-8,13,16H,2-4,9-12H2,1H3/t13-/m1/s1. The van der Waals surface area contributed by atoms with Crippen molar-refractivity contribution in [1.29, 1.82) is 0 Å². The van der Waals surface area contributed by atoms with E-state index in [1.165, 1.54) is 12.8 Å². The summed E-state index contributed by atoms with van der Waals surface area (Å²) in [5, 5.41) is 3.40. The second-order valence-corrected chi connectivity index (χ2v) is 4.84. The minimum absolute atomic E-state index is 0.648. The van der Waals surface area contributed by atoms with Crippen molar-refractivity contribution in [2.24, 2.45) is 5.92 Å². The number of hydrogen-bond donors (Lipinski definition) is 1. The van der Waals surface area contributed by atoms with Gasteiger partial charge < -0.3 is 14.8 Å². The number of nitrogens with one attached hydrogen (secondary N) is 1. The first-order valence-electron chi connectivity index (χ1n) is 6.95. The van der Waals surface area contributed by atoms with Gasteiger partial charge in [-0.2, -0.15) is 0 Å². The van der Waals surface area contributed by atoms with Crippen molar-refractivity contribution in [2.75, 3.05) is 26.3 Å². The lowest BCUT2D eigenvalue weighted by molar-refractivity contribution is 0.218. The van der Waals surface area contributed by atoms with Crippen LogP contribution in [0.1, 0.15) is 26.2 Å². The number of benzene rings is 1. The van der Waals surface area contributed by atoms with Crippen molar-refractivity contribution in [3.63, 3.8) is 0 Å². The first-order chi connectivity index (χ1) is 8.88. The molecule has 1 aliphatic rings. The molecule has 1 atom stereocenters. The molecule has 18 heavy (non-hydrogen) atoms. The smallest absolute Gasteiger partial charge is 0.119 e. The molecule has 1 N–H and O–H groups in total. The van der Waals surface area contributed by atoms with Gasteiger partial charge in [0.25, 0.3) is 0 Å². The molecule has 0 saturated carbocycles. The summed E-state index contributed by atoms with van der Waals surface area (Å²) in [4.78, 5) is 0. The monoisotopic (exact) mass is 249 g/mol. The fraction of sp³-hybridized carbons (Fsp3) is 0.600. The molecule has 2 rings (SSSR count). The van der Waals surface area contributed by atoms with E-state index < -0.39 is 0 Å². The van der Waals surface area contributed by atoms with Crippen LogP contribution in [-0.4, -0.2) is 26.3 Å². The molecule has 0 aliphatic carbocycles. The average Bonchev–Trinajstić information content (AvgIpc) is 2.45. The number of ether oxygens (including phenoxy) is 2. The first kappa shape index (κ1) is 13.2. The Morgan fingerprint density at radius 3 is 2.50 bits per heavy atom. The quantitative estimate of drug-likeness (QED) is 0.841. The minimum atomic E-state index is 0.648. The van der Waals surface area contributed by atoms with Crippen molar-refractivity contribution >= 4 is 0 Å². The largest absolute Gasteiger partial charge is 0.494 e. The van der Waals surface area contributed by atoms with Crippen molar-refractivity contribution < 1.29 is 9.47 Å². The van der Waals surface area contributed by atoms with E-state index in [0.29, 0.717) is 5.92 Å². The molecule has 0 radical (unpaired) electrons. The molecule has 1 fully saturated rings. The summed E-state index contributed by atoms with van der Waals surface area (Å²) < 4.78 is 11.3. The van der Waals surface area contributed by atoms with Crippen LogP contribution in [0.3, 0.4) is 0 Å². The third-order valence-electron chi connectivity index (χ3n) is 3.18. The molecule has 3 heteroatoms. The highest BCUT2D eigenvalue weighted by atomic mass is 16.5. The Hall–Kier alpha value is -1.22. The highest BCUT2D eigenvalue weighted by molar-refractivity contribution is 5.31. The Balaban J connectivity index is 1.75. The summed E-state index contributed by atoms with van der Waals surface area (Å²) in [5.74, 6) is 2.50. The summed E-state index contributed by atoms with van der Waals surface area (Å²) in [6.45, 7) is 5.92. The zero-order valence-electron chi connectivity index (χ0n) is 11.2. The molecule has 0 unspecified atom stereocenters. The van der Waals surface area contributed by atoms with E-state index in [0.717, 1.165) is 44.2 Å². The van der Waals surface area contributed by atoms with Crippen LogP contribution in [0.15, 0.2) is 24.3 Å². The predicted molar refractivity (Wildman–Crippen MR) is 73.3 cm³/mol. The minimum Gasteiger partial charge on any atom is -0.494 e. The van der Waals surface area contributed by atoms with Gasteiger partial charge in [0.15, 0.2) is 0 Å². The molecule has 100 valence electrons. The Bertz CT molecular complexity index is 331. The fourth-order valence-corrected chi connectivity index (χ4v) is 2.13. The summed E-state index contributed by atoms with van der Waals surface area (Å²) in [5.41, 5.74) is 0. The van der Waals surface area contributed by atoms with Gasteiger partial charge in [-0.25, -0.2) is 0 Å². The summed E-state index contributed by atoms with van der Waals surface area (Å²) in [6.07, 6.45) is 3.56. The van der Waals surface area contributed by atoms with Crippen LogP contribution in [0.2, 0.25) is 0 Å². The van der Waals surface area contributed by atoms with Gasteiger partial charge in [0, 0.05) is 12.5 Å². The van der Waals surface area contributed by atoms with Crippen molar-refractivity contribution in [1.82, 2.24) is 5.32 Å². The maximum atomic E-state index is 5.81. The normalized spacial score (nSPS) is 19.5. The van der Waals surface area contributed by atoms with Crippen LogP contribution >= 0.6 is 0 Å². The van der Waals surface area contributed by atoms with E-state index in [9.17, 15) is 0 Å². The molecule has 0 bridgehead atoms. The SMILES string of the molecule is CCCOc1ccc(OC[C@@H]2CCCNC2)cc1. The van der Waals surface area contributed by atoms with Gasteiger partial charge in [0.2, 0.25) is 0 Å². The van der Waals surface area contributed by atoms with E-state index in [1.54, 1.807) is 0 Å². The molecule has 1 aromatic rings. The molecular weight excluding hydrogens is 226 g/mol. The lowest BCUT2D eigenvalue weighted by Gasteiger charge is -2.22. The van der Waals surface area contributed by atoms with Crippen LogP contribution < -0.4 is 14.8 Å². The first-order valence-corrected chi connectivity index (χ1v) is 6.95. The van der Waals surface area contributed by atoms with E-state index in [-0.39, 0.29) is 0 Å². The van der Waals surface area contributed by atoms with Crippen LogP contribution in [0.5, 0.6) is 11.5 Å². The van der Waals surface area contributed by atoms with E-state index >= 15 is 0 Å². The zero-order chi connectivity index (χ0) is 12.6. The van der Waals surface area contributed by atoms with E-state index in [2.05, 4.69) is 12.2 Å². The van der Waals surface area contributed by atoms with E-state index in [4.69, 9.17) is 9.47 Å². The summed E-state index contributed by atoms with van der Waals surface area (Å²) in [6, 6.07) is 7.93. The van der Waals surface area contributed by atoms with Gasteiger partial charge in [-0.15, -0.1) is 0 Å². The summed E-state index contributed by atoms with van der Waals surface area (Å²) in [7, 11) is 0. The highest BCUT2D eigenvalue weighted by Gasteiger charge is 2.13. The van der Waals surface area contributed by atoms with Gasteiger partial charge >= 0.3 is 0 Å². The molecule has 1 saturated heterocycles. The van der Waals surface area contributed by atoms with Gasteiger partial charge in [-0.3, -0.25) is 0 Å². The molecule has 1 aromatic carbocycles. The maximum Gasteiger partial charge on any atom is 0.119 e. The molecule has 0 aromatic heterocycles. The van der Waals surface area contributed by atoms with Crippen LogP contribution in [-0.2, 0) is 0 Å². The van der Waals surface area contributed by atoms with Crippen LogP contribution in [0, 0.1) is 5.92 Å². The van der Waals surface area contributed by atoms with Gasteiger partial charge in [-0.1, -0.05) is 6.92 Å². The second-order valence-electron chi connectivity index (χ2n) is 4.84. The van der Waals surface area contributed by atoms with Crippen molar-refractivity contribution in [3.8, 4) is 11.5 Å². The Kier molecular flexibility index (Phi) is 5.34. The molecular formula is C15H23NO2. The maximum absolute atomic E-state index is 5.81. The predicted octanol–water partition coefficient (Wildman–Crippen LogP) is 2.85. The Morgan fingerprint density at radius 1 is 1.17 bits per heavy atom. The Labute approximate surface area is 109 Å². The topological polar surface area (TPSA) is 30.5 Å². The molecule has 0 amide bonds. The lowest BCUT2D eigenvalue weighted by atomic mass is 10.0. The lowest BCUT2D eigenvalue weighted by Crippen LogP contribution is -2.33. The van der Waals surface area contributed by atoms with Crippen molar-refractivity contribution in [2.45, 2.75) is 26.2 Å². The molecule has 0 spiro atoms. The molecule has 3 nitrogen and oxygen atoms in total. The third-order valence-corrected chi connectivity index (χ3v) is 3.18. The van der Waals surface area contributed by atoms with Crippen molar-refractivity contribution in [3.05, 3.63) is 24.3 Å². The fourth-order valence-electron chi connectivity index (χ4n) is 2.13. The van der Waals surface area contributed by atoms with Crippen LogP contribution in [0.4, 0.5) is 0 Å². The Morgan fingerprint density at radius 2 is 1.89 bits per heavy atom. The number of rotatable bonds is 6. The molecule has 1 heterocycles. The second kappa shape index (κ2) is 7.27. The third kappa shape index (κ3) is 4.22. The summed E-state index contributed by atoms with van der Waals surface area (Å²) >= 11 is 0. The zero-order valence-corrected chi connectivity index (χ0v) is 11.2. The number of hydrogen-bond acceptors (Lipinski definition) is 3. The van der Waals surface area contributed by atoms with Gasteiger partial charge in [0.1, 0.15) is 11.5 Å². The average molecular weight is 249 g/mol. The van der Waals surface area contributed by atoms with E-state index in [1.807, 2.05) is 24.3 Å². The molecule has 1 aliphatic heterocycles. The highest BCUT2D eigenvalue weighted by Crippen LogP contribution is 2.19. The number of piperidine rings is 1.